The lowest BCUT2D eigenvalue weighted by atomic mass is 10.2. The predicted molar refractivity (Wildman–Crippen MR) is 69.8 cm³/mol. The Morgan fingerprint density at radius 3 is 2.78 bits per heavy atom. The molecular formula is C12H9BrN2O3. The molecule has 0 unspecified atom stereocenters. The lowest BCUT2D eigenvalue weighted by Crippen LogP contribution is -1.95. The Morgan fingerprint density at radius 2 is 2.11 bits per heavy atom. The molecule has 0 aliphatic heterocycles. The lowest BCUT2D eigenvalue weighted by molar-refractivity contribution is -0.386. The van der Waals surface area contributed by atoms with Crippen LogP contribution in [0.4, 0.5) is 5.69 Å². The number of hydrogen-bond acceptors (Lipinski definition) is 4. The van der Waals surface area contributed by atoms with Crippen LogP contribution in [0.5, 0.6) is 11.5 Å². The first-order chi connectivity index (χ1) is 8.58. The van der Waals surface area contributed by atoms with E-state index in [1.54, 1.807) is 6.07 Å². The number of nitro groups is 1. The Bertz CT molecular complexity index is 602. The number of halogens is 1. The molecule has 0 radical (unpaired) electrons. The predicted octanol–water partition coefficient (Wildman–Crippen LogP) is 3.85. The first kappa shape index (κ1) is 12.5. The molecule has 0 atom stereocenters. The van der Waals surface area contributed by atoms with Crippen LogP contribution < -0.4 is 4.74 Å². The highest BCUT2D eigenvalue weighted by Gasteiger charge is 2.16. The molecule has 18 heavy (non-hydrogen) atoms. The minimum atomic E-state index is -0.517. The van der Waals surface area contributed by atoms with Crippen molar-refractivity contribution in [1.29, 1.82) is 0 Å². The molecule has 0 amide bonds. The standard InChI is InChI=1S/C12H9BrN2O3/c1-8-6-9(13)2-3-11(8)18-12-4-5-14-7-10(12)15(16)17/h2-7H,1H3. The van der Waals surface area contributed by atoms with E-state index in [0.29, 0.717) is 5.75 Å². The van der Waals surface area contributed by atoms with Gasteiger partial charge in [0.2, 0.25) is 5.75 Å². The van der Waals surface area contributed by atoms with Crippen LogP contribution in [0.1, 0.15) is 5.56 Å². The summed E-state index contributed by atoms with van der Waals surface area (Å²) in [6, 6.07) is 6.92. The molecule has 0 fully saturated rings. The average Bonchev–Trinajstić information content (AvgIpc) is 2.33. The number of hydrogen-bond donors (Lipinski definition) is 0. The number of aryl methyl sites for hydroxylation is 1. The Labute approximate surface area is 112 Å². The van der Waals surface area contributed by atoms with Crippen molar-refractivity contribution in [3.05, 3.63) is 56.8 Å². The number of ether oxygens (including phenoxy) is 1. The topological polar surface area (TPSA) is 65.3 Å². The fourth-order valence-electron chi connectivity index (χ4n) is 1.44. The zero-order valence-corrected chi connectivity index (χ0v) is 11.0. The Balaban J connectivity index is 2.37. The van der Waals surface area contributed by atoms with Crippen molar-refractivity contribution >= 4 is 21.6 Å². The molecular weight excluding hydrogens is 300 g/mol. The van der Waals surface area contributed by atoms with Crippen molar-refractivity contribution in [2.45, 2.75) is 6.92 Å². The summed E-state index contributed by atoms with van der Waals surface area (Å²) in [5.41, 5.74) is 0.732. The third-order valence-corrected chi connectivity index (χ3v) is 2.81. The van der Waals surface area contributed by atoms with Gasteiger partial charge in [0, 0.05) is 16.7 Å². The van der Waals surface area contributed by atoms with Gasteiger partial charge < -0.3 is 4.74 Å². The van der Waals surface area contributed by atoms with Gasteiger partial charge in [-0.05, 0) is 30.7 Å². The van der Waals surface area contributed by atoms with Gasteiger partial charge in [-0.1, -0.05) is 15.9 Å². The van der Waals surface area contributed by atoms with Crippen molar-refractivity contribution in [3.63, 3.8) is 0 Å². The summed E-state index contributed by atoms with van der Waals surface area (Å²) in [4.78, 5) is 14.0. The minimum Gasteiger partial charge on any atom is -0.450 e. The summed E-state index contributed by atoms with van der Waals surface area (Å²) in [7, 11) is 0. The molecule has 5 nitrogen and oxygen atoms in total. The maximum absolute atomic E-state index is 10.8. The highest BCUT2D eigenvalue weighted by atomic mass is 79.9. The smallest absolute Gasteiger partial charge is 0.329 e. The second-order valence-electron chi connectivity index (χ2n) is 3.61. The van der Waals surface area contributed by atoms with Crippen LogP contribution in [0.15, 0.2) is 41.1 Å². The molecule has 1 aromatic heterocycles. The van der Waals surface area contributed by atoms with E-state index in [1.165, 1.54) is 18.5 Å². The van der Waals surface area contributed by atoms with Gasteiger partial charge in [-0.2, -0.15) is 0 Å². The third-order valence-electron chi connectivity index (χ3n) is 2.31. The van der Waals surface area contributed by atoms with Gasteiger partial charge in [0.1, 0.15) is 11.9 Å². The van der Waals surface area contributed by atoms with Gasteiger partial charge in [0.15, 0.2) is 0 Å². The van der Waals surface area contributed by atoms with E-state index in [2.05, 4.69) is 20.9 Å². The van der Waals surface area contributed by atoms with Crippen LogP contribution in [0.2, 0.25) is 0 Å². The molecule has 2 rings (SSSR count). The van der Waals surface area contributed by atoms with Gasteiger partial charge in [-0.3, -0.25) is 15.1 Å². The Hall–Kier alpha value is -1.95. The number of pyridine rings is 1. The van der Waals surface area contributed by atoms with E-state index in [0.717, 1.165) is 10.0 Å². The molecule has 2 aromatic rings. The van der Waals surface area contributed by atoms with Crippen LogP contribution in [-0.2, 0) is 0 Å². The largest absolute Gasteiger partial charge is 0.450 e. The second-order valence-corrected chi connectivity index (χ2v) is 4.53. The Morgan fingerprint density at radius 1 is 1.33 bits per heavy atom. The summed E-state index contributed by atoms with van der Waals surface area (Å²) in [5, 5.41) is 10.8. The van der Waals surface area contributed by atoms with Crippen molar-refractivity contribution in [1.82, 2.24) is 4.98 Å². The number of nitrogens with zero attached hydrogens (tertiary/aromatic N) is 2. The van der Waals surface area contributed by atoms with Gasteiger partial charge in [-0.25, -0.2) is 0 Å². The van der Waals surface area contributed by atoms with E-state index in [-0.39, 0.29) is 11.4 Å². The molecule has 92 valence electrons. The number of benzene rings is 1. The lowest BCUT2D eigenvalue weighted by Gasteiger charge is -2.08. The summed E-state index contributed by atoms with van der Waals surface area (Å²) in [5.74, 6) is 0.757. The highest BCUT2D eigenvalue weighted by Crippen LogP contribution is 2.32. The van der Waals surface area contributed by atoms with Crippen molar-refractivity contribution in [2.24, 2.45) is 0 Å². The summed E-state index contributed by atoms with van der Waals surface area (Å²) in [6.45, 7) is 1.87. The van der Waals surface area contributed by atoms with Crippen LogP contribution >= 0.6 is 15.9 Å². The average molecular weight is 309 g/mol. The van der Waals surface area contributed by atoms with Crippen molar-refractivity contribution < 1.29 is 9.66 Å². The van der Waals surface area contributed by atoms with E-state index in [1.807, 2.05) is 19.1 Å². The maximum Gasteiger partial charge on any atom is 0.329 e. The molecule has 0 saturated heterocycles. The first-order valence-corrected chi connectivity index (χ1v) is 5.89. The molecule has 0 saturated carbocycles. The van der Waals surface area contributed by atoms with Crippen LogP contribution in [-0.4, -0.2) is 9.91 Å². The molecule has 0 aliphatic rings. The van der Waals surface area contributed by atoms with Crippen LogP contribution in [0.3, 0.4) is 0 Å². The number of aromatic nitrogens is 1. The van der Waals surface area contributed by atoms with Gasteiger partial charge in [0.25, 0.3) is 0 Å². The fraction of sp³-hybridized carbons (Fsp3) is 0.0833. The van der Waals surface area contributed by atoms with Gasteiger partial charge in [0.05, 0.1) is 4.92 Å². The van der Waals surface area contributed by atoms with E-state index < -0.39 is 4.92 Å². The zero-order chi connectivity index (χ0) is 13.1. The molecule has 1 aromatic carbocycles. The molecule has 0 bridgehead atoms. The molecule has 0 spiro atoms. The molecule has 6 heteroatoms. The molecule has 0 N–H and O–H groups in total. The summed E-state index contributed by atoms with van der Waals surface area (Å²) < 4.78 is 6.48. The first-order valence-electron chi connectivity index (χ1n) is 5.10. The second kappa shape index (κ2) is 5.14. The van der Waals surface area contributed by atoms with Gasteiger partial charge in [-0.15, -0.1) is 0 Å². The SMILES string of the molecule is Cc1cc(Br)ccc1Oc1ccncc1[N+](=O)[O-]. The van der Waals surface area contributed by atoms with Crippen LogP contribution in [0.25, 0.3) is 0 Å². The normalized spacial score (nSPS) is 10.1. The summed E-state index contributed by atoms with van der Waals surface area (Å²) in [6.07, 6.45) is 2.63. The van der Waals surface area contributed by atoms with Crippen molar-refractivity contribution in [2.75, 3.05) is 0 Å². The third kappa shape index (κ3) is 2.65. The maximum atomic E-state index is 10.8. The van der Waals surface area contributed by atoms with E-state index in [4.69, 9.17) is 4.74 Å². The number of rotatable bonds is 3. The van der Waals surface area contributed by atoms with Crippen molar-refractivity contribution in [3.8, 4) is 11.5 Å². The fourth-order valence-corrected chi connectivity index (χ4v) is 1.92. The zero-order valence-electron chi connectivity index (χ0n) is 9.46. The minimum absolute atomic E-state index is 0.153. The quantitative estimate of drug-likeness (QED) is 0.638. The monoisotopic (exact) mass is 308 g/mol. The van der Waals surface area contributed by atoms with E-state index in [9.17, 15) is 10.1 Å². The molecule has 1 heterocycles. The summed E-state index contributed by atoms with van der Waals surface area (Å²) >= 11 is 3.35. The molecule has 0 aliphatic carbocycles. The Kier molecular flexibility index (Phi) is 3.57. The van der Waals surface area contributed by atoms with Crippen LogP contribution in [0, 0.1) is 17.0 Å². The van der Waals surface area contributed by atoms with Gasteiger partial charge >= 0.3 is 5.69 Å². The highest BCUT2D eigenvalue weighted by molar-refractivity contribution is 9.10. The van der Waals surface area contributed by atoms with E-state index >= 15 is 0 Å².